The number of hydrogen-bond donors (Lipinski definition) is 5. The summed E-state index contributed by atoms with van der Waals surface area (Å²) in [5.74, 6) is -0.897. The summed E-state index contributed by atoms with van der Waals surface area (Å²) in [6.07, 6.45) is 2.92. The first-order chi connectivity index (χ1) is 13.4. The normalized spacial score (nSPS) is 9.71. The molecule has 2 rings (SSSR count). The highest BCUT2D eigenvalue weighted by Gasteiger charge is 2.06. The SMILES string of the molecule is NC(N)=NCCCc1cn(CC(=O)NCCC(=O)O)nn1.Oc1ccccc1. The fourth-order valence-electron chi connectivity index (χ4n) is 1.94. The number of phenols is 1. The summed E-state index contributed by atoms with van der Waals surface area (Å²) in [4.78, 5) is 25.7. The number of carbonyl (C=O) groups excluding carboxylic acids is 1. The molecule has 11 heteroatoms. The first kappa shape index (κ1) is 22.4. The van der Waals surface area contributed by atoms with Crippen molar-refractivity contribution in [3.63, 3.8) is 0 Å². The Hall–Kier alpha value is -3.63. The first-order valence-corrected chi connectivity index (χ1v) is 8.53. The molecular formula is C17H25N7O4. The van der Waals surface area contributed by atoms with E-state index < -0.39 is 5.97 Å². The second-order valence-corrected chi connectivity index (χ2v) is 5.65. The van der Waals surface area contributed by atoms with Gasteiger partial charge in [0.1, 0.15) is 12.3 Å². The van der Waals surface area contributed by atoms with E-state index in [4.69, 9.17) is 21.7 Å². The molecule has 0 bridgehead atoms. The molecular weight excluding hydrogens is 366 g/mol. The van der Waals surface area contributed by atoms with Crippen molar-refractivity contribution in [1.82, 2.24) is 20.3 Å². The number of carboxylic acid groups (broad SMARTS) is 1. The van der Waals surface area contributed by atoms with Crippen LogP contribution in [0.1, 0.15) is 18.5 Å². The number of aryl methyl sites for hydroxylation is 1. The highest BCUT2D eigenvalue weighted by molar-refractivity contribution is 5.76. The smallest absolute Gasteiger partial charge is 0.305 e. The van der Waals surface area contributed by atoms with Crippen molar-refractivity contribution in [1.29, 1.82) is 0 Å². The summed E-state index contributed by atoms with van der Waals surface area (Å²) in [5.41, 5.74) is 11.1. The van der Waals surface area contributed by atoms with E-state index in [1.807, 2.05) is 6.07 Å². The molecule has 1 aromatic carbocycles. The van der Waals surface area contributed by atoms with Crippen LogP contribution < -0.4 is 16.8 Å². The number of aromatic hydroxyl groups is 1. The molecule has 0 aliphatic rings. The Morgan fingerprint density at radius 2 is 1.93 bits per heavy atom. The average Bonchev–Trinajstić information content (AvgIpc) is 3.06. The maximum Gasteiger partial charge on any atom is 0.305 e. The molecule has 0 unspecified atom stereocenters. The van der Waals surface area contributed by atoms with E-state index in [-0.39, 0.29) is 31.4 Å². The maximum atomic E-state index is 11.5. The van der Waals surface area contributed by atoms with Gasteiger partial charge in [0.15, 0.2) is 5.96 Å². The van der Waals surface area contributed by atoms with Crippen LogP contribution in [0, 0.1) is 0 Å². The Balaban J connectivity index is 0.000000467. The standard InChI is InChI=1S/C11H19N7O3.C6H6O/c12-11(13)15-4-1-2-8-6-18(17-16-8)7-9(19)14-5-3-10(20)21;7-6-4-2-1-3-5-6/h6H,1-5,7H2,(H,14,19)(H,20,21)(H4,12,13,15);1-5,7H. The summed E-state index contributed by atoms with van der Waals surface area (Å²) in [6, 6.07) is 8.71. The van der Waals surface area contributed by atoms with Gasteiger partial charge in [-0.15, -0.1) is 5.10 Å². The number of phenolic OH excluding ortho intramolecular Hbond substituents is 1. The van der Waals surface area contributed by atoms with Gasteiger partial charge in [0.05, 0.1) is 12.1 Å². The summed E-state index contributed by atoms with van der Waals surface area (Å²) in [5, 5.41) is 27.3. The van der Waals surface area contributed by atoms with Crippen LogP contribution in [0.4, 0.5) is 0 Å². The lowest BCUT2D eigenvalue weighted by molar-refractivity contribution is -0.136. The quantitative estimate of drug-likeness (QED) is 0.215. The number of para-hydroxylation sites is 1. The van der Waals surface area contributed by atoms with Gasteiger partial charge >= 0.3 is 5.97 Å². The minimum atomic E-state index is -0.959. The molecule has 1 heterocycles. The van der Waals surface area contributed by atoms with Gasteiger partial charge in [-0.3, -0.25) is 14.6 Å². The van der Waals surface area contributed by atoms with Gasteiger partial charge in [0, 0.05) is 19.3 Å². The van der Waals surface area contributed by atoms with Crippen molar-refractivity contribution >= 4 is 17.8 Å². The molecule has 0 radical (unpaired) electrons. The van der Waals surface area contributed by atoms with Crippen molar-refractivity contribution in [3.8, 4) is 5.75 Å². The lowest BCUT2D eigenvalue weighted by Gasteiger charge is -2.02. The fourth-order valence-corrected chi connectivity index (χ4v) is 1.94. The third kappa shape index (κ3) is 11.1. The maximum absolute atomic E-state index is 11.5. The van der Waals surface area contributed by atoms with Crippen LogP contribution in [-0.2, 0) is 22.6 Å². The van der Waals surface area contributed by atoms with Gasteiger partial charge in [-0.25, -0.2) is 4.68 Å². The second kappa shape index (κ2) is 12.7. The molecule has 1 amide bonds. The summed E-state index contributed by atoms with van der Waals surface area (Å²) in [7, 11) is 0. The zero-order valence-corrected chi connectivity index (χ0v) is 15.4. The molecule has 0 saturated carbocycles. The fraction of sp³-hybridized carbons (Fsp3) is 0.353. The average molecular weight is 391 g/mol. The number of carboxylic acids is 1. The third-order valence-corrected chi connectivity index (χ3v) is 3.19. The van der Waals surface area contributed by atoms with Crippen LogP contribution in [-0.4, -0.2) is 56.1 Å². The molecule has 0 spiro atoms. The van der Waals surface area contributed by atoms with Gasteiger partial charge in [0.2, 0.25) is 5.91 Å². The highest BCUT2D eigenvalue weighted by Crippen LogP contribution is 2.02. The Morgan fingerprint density at radius 1 is 1.21 bits per heavy atom. The van der Waals surface area contributed by atoms with E-state index in [0.717, 1.165) is 12.1 Å². The van der Waals surface area contributed by atoms with Crippen LogP contribution in [0.5, 0.6) is 5.75 Å². The monoisotopic (exact) mass is 391 g/mol. The predicted molar refractivity (Wildman–Crippen MR) is 102 cm³/mol. The molecule has 0 aliphatic carbocycles. The van der Waals surface area contributed by atoms with Gasteiger partial charge in [0.25, 0.3) is 0 Å². The van der Waals surface area contributed by atoms with Gasteiger partial charge in [-0.1, -0.05) is 23.4 Å². The topological polar surface area (TPSA) is 182 Å². The minimum absolute atomic E-state index is 0.000516. The lowest BCUT2D eigenvalue weighted by atomic mass is 10.2. The van der Waals surface area contributed by atoms with Crippen molar-refractivity contribution in [2.75, 3.05) is 13.1 Å². The largest absolute Gasteiger partial charge is 0.508 e. The number of nitrogens with two attached hydrogens (primary N) is 2. The number of benzene rings is 1. The van der Waals surface area contributed by atoms with Crippen LogP contribution in [0.15, 0.2) is 41.5 Å². The molecule has 28 heavy (non-hydrogen) atoms. The van der Waals surface area contributed by atoms with E-state index in [0.29, 0.717) is 18.7 Å². The molecule has 0 saturated heterocycles. The van der Waals surface area contributed by atoms with Gasteiger partial charge in [-0.2, -0.15) is 0 Å². The number of rotatable bonds is 9. The van der Waals surface area contributed by atoms with Crippen molar-refractivity contribution in [2.24, 2.45) is 16.5 Å². The molecule has 7 N–H and O–H groups in total. The van der Waals surface area contributed by atoms with Gasteiger partial charge < -0.3 is 27.0 Å². The number of aromatic nitrogens is 3. The second-order valence-electron chi connectivity index (χ2n) is 5.65. The highest BCUT2D eigenvalue weighted by atomic mass is 16.4. The minimum Gasteiger partial charge on any atom is -0.508 e. The zero-order valence-electron chi connectivity index (χ0n) is 15.4. The Labute approximate surface area is 162 Å². The molecule has 11 nitrogen and oxygen atoms in total. The lowest BCUT2D eigenvalue weighted by Crippen LogP contribution is -2.29. The Morgan fingerprint density at radius 3 is 2.50 bits per heavy atom. The van der Waals surface area contributed by atoms with Crippen molar-refractivity contribution < 1.29 is 19.8 Å². The number of aliphatic imine (C=N–C) groups is 1. The zero-order chi connectivity index (χ0) is 20.8. The number of amides is 1. The summed E-state index contributed by atoms with van der Waals surface area (Å²) >= 11 is 0. The van der Waals surface area contributed by atoms with Crippen LogP contribution >= 0.6 is 0 Å². The molecule has 0 fully saturated rings. The number of hydrogen-bond acceptors (Lipinski definition) is 6. The van der Waals surface area contributed by atoms with Crippen LogP contribution in [0.25, 0.3) is 0 Å². The Bertz CT molecular complexity index is 758. The van der Waals surface area contributed by atoms with Crippen molar-refractivity contribution in [3.05, 3.63) is 42.2 Å². The summed E-state index contributed by atoms with van der Waals surface area (Å²) < 4.78 is 1.39. The molecule has 152 valence electrons. The molecule has 1 aromatic heterocycles. The molecule has 0 aliphatic heterocycles. The number of nitrogens with zero attached hydrogens (tertiary/aromatic N) is 4. The summed E-state index contributed by atoms with van der Waals surface area (Å²) in [6.45, 7) is 0.597. The van der Waals surface area contributed by atoms with E-state index in [9.17, 15) is 9.59 Å². The van der Waals surface area contributed by atoms with E-state index >= 15 is 0 Å². The van der Waals surface area contributed by atoms with Gasteiger partial charge in [-0.05, 0) is 25.0 Å². The predicted octanol–water partition coefficient (Wildman–Crippen LogP) is -0.533. The number of nitrogens with one attached hydrogen (secondary N) is 1. The number of guanidine groups is 1. The third-order valence-electron chi connectivity index (χ3n) is 3.19. The van der Waals surface area contributed by atoms with Crippen LogP contribution in [0.2, 0.25) is 0 Å². The van der Waals surface area contributed by atoms with E-state index in [2.05, 4.69) is 20.6 Å². The van der Waals surface area contributed by atoms with Crippen LogP contribution in [0.3, 0.4) is 0 Å². The first-order valence-electron chi connectivity index (χ1n) is 8.53. The van der Waals surface area contributed by atoms with Crippen molar-refractivity contribution in [2.45, 2.75) is 25.8 Å². The number of aliphatic carboxylic acids is 1. The van der Waals surface area contributed by atoms with E-state index in [1.165, 1.54) is 4.68 Å². The van der Waals surface area contributed by atoms with E-state index in [1.54, 1.807) is 30.5 Å². The Kier molecular flexibility index (Phi) is 10.1. The number of carbonyl (C=O) groups is 2. The molecule has 2 aromatic rings. The molecule has 0 atom stereocenters.